The molecule has 0 aliphatic rings. The van der Waals surface area contributed by atoms with Crippen molar-refractivity contribution in [3.05, 3.63) is 95.0 Å². The number of Topliss-reactive ketones (excluding diaryl/α,β-unsaturated/α-hetero) is 1. The van der Waals surface area contributed by atoms with Gasteiger partial charge in [0.2, 0.25) is 10.0 Å². The molecule has 0 radical (unpaired) electrons. The maximum Gasteiger partial charge on any atom is 0.243 e. The van der Waals surface area contributed by atoms with E-state index in [0.29, 0.717) is 22.8 Å². The van der Waals surface area contributed by atoms with Gasteiger partial charge in [-0.05, 0) is 54.1 Å². The summed E-state index contributed by atoms with van der Waals surface area (Å²) in [5, 5.41) is 3.59. The van der Waals surface area contributed by atoms with Crippen LogP contribution in [0.1, 0.15) is 15.9 Å². The Morgan fingerprint density at radius 2 is 1.55 bits per heavy atom. The van der Waals surface area contributed by atoms with Crippen LogP contribution in [0.2, 0.25) is 5.02 Å². The summed E-state index contributed by atoms with van der Waals surface area (Å²) >= 11 is 5.83. The Labute approximate surface area is 176 Å². The minimum absolute atomic E-state index is 0.0824. The van der Waals surface area contributed by atoms with Gasteiger partial charge in [0.05, 0.1) is 11.4 Å². The van der Waals surface area contributed by atoms with Gasteiger partial charge >= 0.3 is 0 Å². The lowest BCUT2D eigenvalue weighted by Crippen LogP contribution is -2.26. The van der Waals surface area contributed by atoms with Crippen molar-refractivity contribution < 1.29 is 13.2 Å². The van der Waals surface area contributed by atoms with E-state index in [1.807, 2.05) is 30.3 Å². The van der Waals surface area contributed by atoms with Crippen molar-refractivity contribution >= 4 is 33.1 Å². The first-order valence-electron chi connectivity index (χ1n) is 8.99. The predicted octanol–water partition coefficient (Wildman–Crippen LogP) is 4.46. The number of nitrogens with one attached hydrogen (secondary N) is 1. The molecule has 0 heterocycles. The molecule has 0 bridgehead atoms. The van der Waals surface area contributed by atoms with Crippen LogP contribution in [0, 0.1) is 0 Å². The SMILES string of the molecule is CN(Cc1ccccc1)S(=O)(=O)c1ccc(NCC(=O)c2ccc(Cl)cc2)cc1. The number of ketones is 1. The molecule has 0 atom stereocenters. The average Bonchev–Trinajstić information content (AvgIpc) is 2.73. The van der Waals surface area contributed by atoms with Gasteiger partial charge in [-0.15, -0.1) is 0 Å². The Balaban J connectivity index is 1.62. The standard InChI is InChI=1S/C22H21ClN2O3S/c1-25(16-17-5-3-2-4-6-17)29(27,28)21-13-11-20(12-14-21)24-15-22(26)18-7-9-19(23)10-8-18/h2-14,24H,15-16H2,1H3. The molecule has 0 aromatic heterocycles. The molecule has 3 aromatic rings. The second-order valence-electron chi connectivity index (χ2n) is 6.55. The quantitative estimate of drug-likeness (QED) is 0.538. The number of anilines is 1. The fourth-order valence-corrected chi connectivity index (χ4v) is 4.06. The topological polar surface area (TPSA) is 66.5 Å². The van der Waals surface area contributed by atoms with E-state index in [1.165, 1.54) is 16.4 Å². The lowest BCUT2D eigenvalue weighted by atomic mass is 10.1. The van der Waals surface area contributed by atoms with Crippen molar-refractivity contribution in [1.29, 1.82) is 0 Å². The van der Waals surface area contributed by atoms with Crippen LogP contribution >= 0.6 is 11.6 Å². The second-order valence-corrected chi connectivity index (χ2v) is 9.04. The van der Waals surface area contributed by atoms with Gasteiger partial charge in [-0.25, -0.2) is 8.42 Å². The van der Waals surface area contributed by atoms with E-state index in [0.717, 1.165) is 5.56 Å². The number of nitrogens with zero attached hydrogens (tertiary/aromatic N) is 1. The molecule has 0 saturated heterocycles. The summed E-state index contributed by atoms with van der Waals surface area (Å²) in [6, 6.07) is 22.5. The minimum atomic E-state index is -3.61. The highest BCUT2D eigenvalue weighted by atomic mass is 35.5. The van der Waals surface area contributed by atoms with Gasteiger partial charge in [-0.2, -0.15) is 4.31 Å². The van der Waals surface area contributed by atoms with E-state index in [9.17, 15) is 13.2 Å². The van der Waals surface area contributed by atoms with Crippen molar-refractivity contribution in [3.8, 4) is 0 Å². The Bertz CT molecular complexity index is 1070. The van der Waals surface area contributed by atoms with Gasteiger partial charge in [0, 0.05) is 29.9 Å². The fraction of sp³-hybridized carbons (Fsp3) is 0.136. The van der Waals surface area contributed by atoms with Gasteiger partial charge < -0.3 is 5.32 Å². The van der Waals surface area contributed by atoms with Crippen LogP contribution in [-0.2, 0) is 16.6 Å². The zero-order chi connectivity index (χ0) is 20.9. The average molecular weight is 429 g/mol. The summed E-state index contributed by atoms with van der Waals surface area (Å²) < 4.78 is 26.8. The molecule has 0 saturated carbocycles. The molecule has 1 N–H and O–H groups in total. The van der Waals surface area contributed by atoms with E-state index >= 15 is 0 Å². The third kappa shape index (κ3) is 5.44. The van der Waals surface area contributed by atoms with Gasteiger partial charge in [0.25, 0.3) is 0 Å². The maximum absolute atomic E-state index is 12.8. The Hall–Kier alpha value is -2.67. The molecule has 0 aliphatic heterocycles. The van der Waals surface area contributed by atoms with Crippen LogP contribution in [0.15, 0.2) is 83.8 Å². The first-order chi connectivity index (χ1) is 13.9. The van der Waals surface area contributed by atoms with Gasteiger partial charge in [-0.3, -0.25) is 4.79 Å². The Morgan fingerprint density at radius 3 is 2.17 bits per heavy atom. The van der Waals surface area contributed by atoms with E-state index in [-0.39, 0.29) is 17.2 Å². The first-order valence-corrected chi connectivity index (χ1v) is 10.8. The van der Waals surface area contributed by atoms with Crippen LogP contribution in [0.4, 0.5) is 5.69 Å². The fourth-order valence-electron chi connectivity index (χ4n) is 2.77. The zero-order valence-corrected chi connectivity index (χ0v) is 17.5. The molecule has 0 aliphatic carbocycles. The van der Waals surface area contributed by atoms with Crippen LogP contribution in [-0.4, -0.2) is 32.1 Å². The molecule has 0 spiro atoms. The predicted molar refractivity (Wildman–Crippen MR) is 116 cm³/mol. The molecule has 3 rings (SSSR count). The summed E-state index contributed by atoms with van der Waals surface area (Å²) in [6.45, 7) is 0.389. The molecule has 150 valence electrons. The van der Waals surface area contributed by atoms with Gasteiger partial charge in [-0.1, -0.05) is 41.9 Å². The largest absolute Gasteiger partial charge is 0.378 e. The number of benzene rings is 3. The summed E-state index contributed by atoms with van der Waals surface area (Å²) in [7, 11) is -2.05. The summed E-state index contributed by atoms with van der Waals surface area (Å²) in [4.78, 5) is 12.4. The molecular formula is C22H21ClN2O3S. The maximum atomic E-state index is 12.8. The normalized spacial score (nSPS) is 11.4. The third-order valence-corrected chi connectivity index (χ3v) is 6.50. The summed E-state index contributed by atoms with van der Waals surface area (Å²) in [5.74, 6) is -0.0824. The third-order valence-electron chi connectivity index (χ3n) is 4.43. The molecule has 0 fully saturated rings. The highest BCUT2D eigenvalue weighted by Gasteiger charge is 2.20. The highest BCUT2D eigenvalue weighted by molar-refractivity contribution is 7.89. The van der Waals surface area contributed by atoms with Crippen molar-refractivity contribution in [2.24, 2.45) is 0 Å². The Kier molecular flexibility index (Phi) is 6.69. The molecule has 29 heavy (non-hydrogen) atoms. The minimum Gasteiger partial charge on any atom is -0.378 e. The van der Waals surface area contributed by atoms with Crippen LogP contribution in [0.3, 0.4) is 0 Å². The number of sulfonamides is 1. The van der Waals surface area contributed by atoms with E-state index in [4.69, 9.17) is 11.6 Å². The molecule has 0 unspecified atom stereocenters. The molecule has 0 amide bonds. The molecule has 3 aromatic carbocycles. The summed E-state index contributed by atoms with van der Waals surface area (Å²) in [6.07, 6.45) is 0. The van der Waals surface area contributed by atoms with E-state index in [2.05, 4.69) is 5.32 Å². The monoisotopic (exact) mass is 428 g/mol. The van der Waals surface area contributed by atoms with Crippen molar-refractivity contribution in [2.45, 2.75) is 11.4 Å². The zero-order valence-electron chi connectivity index (χ0n) is 15.9. The van der Waals surface area contributed by atoms with E-state index < -0.39 is 10.0 Å². The lowest BCUT2D eigenvalue weighted by Gasteiger charge is -2.17. The van der Waals surface area contributed by atoms with Crippen molar-refractivity contribution in [1.82, 2.24) is 4.31 Å². The lowest BCUT2D eigenvalue weighted by molar-refractivity contribution is 0.101. The summed E-state index contributed by atoms with van der Waals surface area (Å²) in [5.41, 5.74) is 2.14. The molecule has 5 nitrogen and oxygen atoms in total. The van der Waals surface area contributed by atoms with Crippen molar-refractivity contribution in [3.63, 3.8) is 0 Å². The second kappa shape index (κ2) is 9.22. The number of rotatable bonds is 8. The Morgan fingerprint density at radius 1 is 0.931 bits per heavy atom. The van der Waals surface area contributed by atoms with Crippen LogP contribution < -0.4 is 5.32 Å². The van der Waals surface area contributed by atoms with Crippen LogP contribution in [0.5, 0.6) is 0 Å². The highest BCUT2D eigenvalue weighted by Crippen LogP contribution is 2.19. The number of hydrogen-bond donors (Lipinski definition) is 1. The first kappa shape index (κ1) is 21.0. The molecule has 7 heteroatoms. The number of carbonyl (C=O) groups is 1. The van der Waals surface area contributed by atoms with Crippen molar-refractivity contribution in [2.75, 3.05) is 18.9 Å². The van der Waals surface area contributed by atoms with Gasteiger partial charge in [0.1, 0.15) is 0 Å². The molecular weight excluding hydrogens is 408 g/mol. The van der Waals surface area contributed by atoms with E-state index in [1.54, 1.807) is 43.4 Å². The van der Waals surface area contributed by atoms with Gasteiger partial charge in [0.15, 0.2) is 5.78 Å². The number of halogens is 1. The van der Waals surface area contributed by atoms with Crippen LogP contribution in [0.25, 0.3) is 0 Å². The number of hydrogen-bond acceptors (Lipinski definition) is 4. The number of carbonyl (C=O) groups excluding carboxylic acids is 1. The smallest absolute Gasteiger partial charge is 0.243 e.